The number of H-pyrrole nitrogens is 1. The van der Waals surface area contributed by atoms with E-state index in [2.05, 4.69) is 28.1 Å². The predicted octanol–water partition coefficient (Wildman–Crippen LogP) is -9.59. The van der Waals surface area contributed by atoms with Crippen molar-refractivity contribution < 1.29 is 99.1 Å². The summed E-state index contributed by atoms with van der Waals surface area (Å²) >= 11 is 0. The molecule has 1 aliphatic heterocycles. The number of nitrogens with one attached hydrogen (secondary N) is 1. The molecular weight excluding hydrogens is 522 g/mol. The average molecular weight is 536 g/mol. The summed E-state index contributed by atoms with van der Waals surface area (Å²) in [5.41, 5.74) is 4.45. The Kier molecular flexibility index (Phi) is 10.6. The molecule has 3 heterocycles. The molecule has 0 amide bonds. The Morgan fingerprint density at radius 3 is 2.38 bits per heavy atom. The van der Waals surface area contributed by atoms with Crippen molar-refractivity contribution >= 4 is 40.6 Å². The molecule has 0 saturated carbocycles. The number of fused-ring (bicyclic) bond motifs is 1. The van der Waals surface area contributed by atoms with Crippen molar-refractivity contribution in [2.45, 2.75) is 24.5 Å². The van der Waals surface area contributed by atoms with Crippen LogP contribution >= 0.6 is 23.5 Å². The van der Waals surface area contributed by atoms with Gasteiger partial charge in [0.2, 0.25) is 5.95 Å². The topological polar surface area (TPSA) is 305 Å². The average Bonchev–Trinajstić information content (AvgIpc) is 3.12. The van der Waals surface area contributed by atoms with Gasteiger partial charge in [-0.15, -0.1) is 0 Å². The Morgan fingerprint density at radius 2 is 1.79 bits per heavy atom. The standard InChI is InChI=1S/C10H16N5O14P3.2Li/c11-10-13-7-4(8(18)14-10)12-2-15(7)9-6(17)5(16)3(27-9)1-26-31(22,23)29-32(24,25)28-30(19,20)21;;/h2-3,5-6,9,16-17H,1H2,(H,22,23)(H,24,25)(H2,19,20,21)(H3,11,13,14,18);;/q;2*+1/p-2/t3-,5+,6?,9-;;/m1../s1/i2+1;;. The first-order valence-corrected chi connectivity index (χ1v) is 12.5. The van der Waals surface area contributed by atoms with Gasteiger partial charge in [0.15, 0.2) is 17.4 Å². The maximum absolute atomic E-state index is 11.8. The second-order valence-corrected chi connectivity index (χ2v) is 10.5. The van der Waals surface area contributed by atoms with Gasteiger partial charge in [0.05, 0.1) is 12.9 Å². The zero-order chi connectivity index (χ0) is 24.1. The number of imidazole rings is 1. The van der Waals surface area contributed by atoms with Crippen LogP contribution in [-0.2, 0) is 31.6 Å². The van der Waals surface area contributed by atoms with Gasteiger partial charge in [0, 0.05) is 0 Å². The third-order valence-electron chi connectivity index (χ3n) is 3.87. The molecule has 2 aromatic heterocycles. The van der Waals surface area contributed by atoms with E-state index in [1.54, 1.807) is 0 Å². The summed E-state index contributed by atoms with van der Waals surface area (Å²) in [4.78, 5) is 61.1. The van der Waals surface area contributed by atoms with E-state index in [-0.39, 0.29) is 54.8 Å². The molecule has 7 atom stereocenters. The van der Waals surface area contributed by atoms with Crippen molar-refractivity contribution in [2.75, 3.05) is 12.3 Å². The van der Waals surface area contributed by atoms with Gasteiger partial charge in [-0.05, 0) is 0 Å². The molecule has 1 saturated heterocycles. The van der Waals surface area contributed by atoms with E-state index in [1.165, 1.54) is 0 Å². The summed E-state index contributed by atoms with van der Waals surface area (Å²) in [6.45, 7) is -1.06. The van der Waals surface area contributed by atoms with Gasteiger partial charge in [-0.25, -0.2) is 18.2 Å². The van der Waals surface area contributed by atoms with Crippen molar-refractivity contribution in [3.8, 4) is 0 Å². The third-order valence-corrected chi connectivity index (χ3v) is 7.60. The number of hydrogen-bond donors (Lipinski definition) is 6. The molecule has 0 bridgehead atoms. The minimum absolute atomic E-state index is 0. The van der Waals surface area contributed by atoms with Crippen LogP contribution in [0.5, 0.6) is 0 Å². The SMILES string of the molecule is Nc1nc2c(n[13cH]n2[C@@H]2O[C@H](COP(=O)(O)OP(=O)([O-])OP(=O)([O-])O)[C@H](O)C2O)c(=O)[nH]1.[Li+].[Li+]. The summed E-state index contributed by atoms with van der Waals surface area (Å²) in [6.07, 6.45) is -5.45. The van der Waals surface area contributed by atoms with E-state index in [0.29, 0.717) is 0 Å². The first-order valence-electron chi connectivity index (χ1n) is 8.07. The van der Waals surface area contributed by atoms with Crippen LogP contribution in [0.4, 0.5) is 5.95 Å². The summed E-state index contributed by atoms with van der Waals surface area (Å²) in [6, 6.07) is 0. The molecule has 2 aromatic rings. The predicted molar refractivity (Wildman–Crippen MR) is 93.9 cm³/mol. The number of phosphoric ester groups is 1. The number of aliphatic hydroxyl groups is 2. The first kappa shape index (κ1) is 31.7. The fraction of sp³-hybridized carbons (Fsp3) is 0.500. The van der Waals surface area contributed by atoms with E-state index in [9.17, 15) is 43.4 Å². The van der Waals surface area contributed by atoms with E-state index in [1.807, 2.05) is 0 Å². The van der Waals surface area contributed by atoms with Crippen LogP contribution in [0.2, 0.25) is 0 Å². The van der Waals surface area contributed by atoms with Gasteiger partial charge in [-0.1, -0.05) is 0 Å². The summed E-state index contributed by atoms with van der Waals surface area (Å²) in [5, 5.41) is 20.4. The maximum atomic E-state index is 11.8. The van der Waals surface area contributed by atoms with Gasteiger partial charge in [0.1, 0.15) is 18.3 Å². The number of nitrogens with two attached hydrogens (primary N) is 1. The number of aromatic amines is 1. The number of ether oxygens (including phenoxy) is 1. The number of anilines is 1. The van der Waals surface area contributed by atoms with Crippen LogP contribution in [0.15, 0.2) is 11.1 Å². The van der Waals surface area contributed by atoms with Gasteiger partial charge in [-0.2, -0.15) is 4.98 Å². The maximum Gasteiger partial charge on any atom is 1.00 e. The normalized spacial score (nSPS) is 27.7. The number of nitrogen functional groups attached to an aromatic ring is 1. The van der Waals surface area contributed by atoms with E-state index in [4.69, 9.17) is 15.4 Å². The minimum Gasteiger partial charge on any atom is -0.756 e. The second-order valence-electron chi connectivity index (χ2n) is 6.16. The van der Waals surface area contributed by atoms with E-state index < -0.39 is 60.2 Å². The third kappa shape index (κ3) is 7.57. The van der Waals surface area contributed by atoms with Gasteiger partial charge in [-0.3, -0.25) is 28.0 Å². The Labute approximate surface area is 212 Å². The Balaban J connectivity index is 0.00000289. The summed E-state index contributed by atoms with van der Waals surface area (Å²) in [7, 11) is -17.5. The molecule has 0 radical (unpaired) electrons. The fourth-order valence-corrected chi connectivity index (χ4v) is 5.62. The quantitative estimate of drug-likeness (QED) is 0.135. The van der Waals surface area contributed by atoms with Crippen molar-refractivity contribution in [1.29, 1.82) is 0 Å². The van der Waals surface area contributed by atoms with Crippen LogP contribution < -0.4 is 58.8 Å². The number of nitrogens with zero attached hydrogens (tertiary/aromatic N) is 3. The molecule has 0 aliphatic carbocycles. The molecule has 3 rings (SSSR count). The molecular formula is C10H14Li2N5O14P3. The monoisotopic (exact) mass is 536 g/mol. The zero-order valence-electron chi connectivity index (χ0n) is 17.2. The number of aromatic nitrogens is 4. The van der Waals surface area contributed by atoms with Crippen LogP contribution in [0.1, 0.15) is 6.23 Å². The number of phosphoric acid groups is 3. The number of hydrogen-bond acceptors (Lipinski definition) is 15. The number of aliphatic hydroxyl groups excluding tert-OH is 2. The van der Waals surface area contributed by atoms with Crippen molar-refractivity contribution in [2.24, 2.45) is 0 Å². The zero-order valence-corrected chi connectivity index (χ0v) is 19.9. The molecule has 24 heteroatoms. The molecule has 34 heavy (non-hydrogen) atoms. The fourth-order valence-electron chi connectivity index (χ4n) is 2.68. The molecule has 4 unspecified atom stereocenters. The Morgan fingerprint density at radius 1 is 1.18 bits per heavy atom. The number of rotatable bonds is 8. The minimum atomic E-state index is -6.04. The first-order chi connectivity index (χ1) is 14.6. The van der Waals surface area contributed by atoms with Crippen LogP contribution in [0.25, 0.3) is 11.2 Å². The molecule has 1 fully saturated rings. The Bertz CT molecular complexity index is 1220. The molecule has 0 spiro atoms. The van der Waals surface area contributed by atoms with E-state index >= 15 is 0 Å². The summed E-state index contributed by atoms with van der Waals surface area (Å²) in [5.74, 6) is -0.287. The molecule has 7 N–H and O–H groups in total. The largest absolute Gasteiger partial charge is 1.00 e. The smallest absolute Gasteiger partial charge is 0.756 e. The van der Waals surface area contributed by atoms with E-state index in [0.717, 1.165) is 10.9 Å². The molecule has 180 valence electrons. The van der Waals surface area contributed by atoms with Crippen molar-refractivity contribution in [3.63, 3.8) is 0 Å². The van der Waals surface area contributed by atoms with Gasteiger partial charge < -0.3 is 40.3 Å². The molecule has 0 aromatic carbocycles. The van der Waals surface area contributed by atoms with Crippen LogP contribution in [0.3, 0.4) is 0 Å². The van der Waals surface area contributed by atoms with Crippen molar-refractivity contribution in [3.05, 3.63) is 16.7 Å². The van der Waals surface area contributed by atoms with Crippen molar-refractivity contribution in [1.82, 2.24) is 19.5 Å². The van der Waals surface area contributed by atoms with Crippen LogP contribution in [0, 0.1) is 0 Å². The van der Waals surface area contributed by atoms with Crippen LogP contribution in [-0.4, -0.2) is 64.4 Å². The van der Waals surface area contributed by atoms with Gasteiger partial charge >= 0.3 is 45.5 Å². The Hall–Kier alpha value is -0.365. The summed E-state index contributed by atoms with van der Waals surface area (Å²) < 4.78 is 50.8. The second kappa shape index (κ2) is 11.4. The molecule has 1 aliphatic rings. The van der Waals surface area contributed by atoms with Gasteiger partial charge in [0.25, 0.3) is 21.2 Å². The molecule has 19 nitrogen and oxygen atoms in total.